The maximum atomic E-state index is 12.3. The maximum Gasteiger partial charge on any atom is 0.291 e. The van der Waals surface area contributed by atoms with E-state index in [4.69, 9.17) is 16.3 Å². The van der Waals surface area contributed by atoms with E-state index in [0.717, 1.165) is 6.42 Å². The quantitative estimate of drug-likeness (QED) is 0.783. The molecule has 7 heteroatoms. The number of para-hydroxylation sites is 1. The first-order chi connectivity index (χ1) is 12.6. The predicted molar refractivity (Wildman–Crippen MR) is 101 cm³/mol. The molecular weight excluding hydrogens is 352 g/mol. The van der Waals surface area contributed by atoms with Crippen LogP contribution in [-0.2, 0) is 4.74 Å². The van der Waals surface area contributed by atoms with Crippen molar-refractivity contribution in [3.63, 3.8) is 0 Å². The SMILES string of the molecule is Cc1nc(C(=O)NCCOC2CCCCC2C)nn1-c1ccccc1Cl. The fourth-order valence-electron chi connectivity index (χ4n) is 3.32. The van der Waals surface area contributed by atoms with Crippen molar-refractivity contribution in [3.05, 3.63) is 40.9 Å². The second-order valence-corrected chi connectivity index (χ2v) is 7.18. The normalized spacial score (nSPS) is 20.1. The number of rotatable bonds is 6. The Balaban J connectivity index is 1.54. The monoisotopic (exact) mass is 376 g/mol. The molecule has 2 unspecified atom stereocenters. The number of nitrogens with one attached hydrogen (secondary N) is 1. The maximum absolute atomic E-state index is 12.3. The summed E-state index contributed by atoms with van der Waals surface area (Å²) in [6.45, 7) is 4.98. The first kappa shape index (κ1) is 18.9. The van der Waals surface area contributed by atoms with Crippen molar-refractivity contribution in [3.8, 4) is 5.69 Å². The van der Waals surface area contributed by atoms with Crippen LogP contribution in [0, 0.1) is 12.8 Å². The highest BCUT2D eigenvalue weighted by atomic mass is 35.5. The number of aromatic nitrogens is 3. The smallest absolute Gasteiger partial charge is 0.291 e. The van der Waals surface area contributed by atoms with Crippen LogP contribution >= 0.6 is 11.6 Å². The molecule has 2 atom stereocenters. The van der Waals surface area contributed by atoms with Crippen molar-refractivity contribution in [1.82, 2.24) is 20.1 Å². The van der Waals surface area contributed by atoms with Crippen LogP contribution in [0.3, 0.4) is 0 Å². The van der Waals surface area contributed by atoms with Crippen LogP contribution in [0.25, 0.3) is 5.69 Å². The van der Waals surface area contributed by atoms with Gasteiger partial charge in [0.2, 0.25) is 5.82 Å². The molecule has 1 N–H and O–H groups in total. The predicted octanol–water partition coefficient (Wildman–Crippen LogP) is 3.55. The molecule has 1 fully saturated rings. The molecule has 0 spiro atoms. The molecule has 26 heavy (non-hydrogen) atoms. The summed E-state index contributed by atoms with van der Waals surface area (Å²) in [7, 11) is 0. The topological polar surface area (TPSA) is 69.0 Å². The Morgan fingerprint density at radius 2 is 2.12 bits per heavy atom. The van der Waals surface area contributed by atoms with E-state index in [2.05, 4.69) is 22.3 Å². The summed E-state index contributed by atoms with van der Waals surface area (Å²) in [4.78, 5) is 16.6. The Morgan fingerprint density at radius 3 is 2.88 bits per heavy atom. The number of carbonyl (C=O) groups is 1. The number of nitrogens with zero attached hydrogens (tertiary/aromatic N) is 3. The van der Waals surface area contributed by atoms with Crippen LogP contribution < -0.4 is 5.32 Å². The van der Waals surface area contributed by atoms with Crippen molar-refractivity contribution in [1.29, 1.82) is 0 Å². The van der Waals surface area contributed by atoms with Gasteiger partial charge in [0.15, 0.2) is 0 Å². The van der Waals surface area contributed by atoms with Crippen molar-refractivity contribution < 1.29 is 9.53 Å². The molecule has 2 aromatic rings. The molecule has 0 saturated heterocycles. The van der Waals surface area contributed by atoms with Crippen LogP contribution in [-0.4, -0.2) is 39.9 Å². The van der Waals surface area contributed by atoms with E-state index >= 15 is 0 Å². The number of hydrogen-bond donors (Lipinski definition) is 1. The van der Waals surface area contributed by atoms with Gasteiger partial charge in [-0.3, -0.25) is 4.79 Å². The van der Waals surface area contributed by atoms with Gasteiger partial charge in [-0.1, -0.05) is 43.5 Å². The third-order valence-electron chi connectivity index (χ3n) is 4.81. The molecule has 1 amide bonds. The zero-order valence-corrected chi connectivity index (χ0v) is 16.0. The van der Waals surface area contributed by atoms with Gasteiger partial charge in [-0.05, 0) is 37.8 Å². The molecule has 1 aromatic heterocycles. The van der Waals surface area contributed by atoms with Crippen molar-refractivity contribution in [2.75, 3.05) is 13.2 Å². The highest BCUT2D eigenvalue weighted by molar-refractivity contribution is 6.32. The van der Waals surface area contributed by atoms with Gasteiger partial charge in [-0.2, -0.15) is 0 Å². The Morgan fingerprint density at radius 1 is 1.35 bits per heavy atom. The third kappa shape index (κ3) is 4.43. The number of benzene rings is 1. The molecule has 0 aliphatic heterocycles. The molecule has 1 aromatic carbocycles. The Bertz CT molecular complexity index is 762. The second kappa shape index (κ2) is 8.64. The number of ether oxygens (including phenoxy) is 1. The van der Waals surface area contributed by atoms with Crippen LogP contribution in [0.15, 0.2) is 24.3 Å². The lowest BCUT2D eigenvalue weighted by Crippen LogP contribution is -2.32. The minimum Gasteiger partial charge on any atom is -0.376 e. The Kier molecular flexibility index (Phi) is 6.27. The van der Waals surface area contributed by atoms with E-state index in [9.17, 15) is 4.79 Å². The van der Waals surface area contributed by atoms with Crippen LogP contribution in [0.5, 0.6) is 0 Å². The van der Waals surface area contributed by atoms with Gasteiger partial charge in [0.25, 0.3) is 5.91 Å². The average molecular weight is 377 g/mol. The van der Waals surface area contributed by atoms with E-state index < -0.39 is 0 Å². The third-order valence-corrected chi connectivity index (χ3v) is 5.12. The van der Waals surface area contributed by atoms with Gasteiger partial charge in [0.05, 0.1) is 23.4 Å². The lowest BCUT2D eigenvalue weighted by Gasteiger charge is -2.28. The van der Waals surface area contributed by atoms with E-state index in [1.54, 1.807) is 17.7 Å². The second-order valence-electron chi connectivity index (χ2n) is 6.77. The van der Waals surface area contributed by atoms with Gasteiger partial charge in [-0.25, -0.2) is 9.67 Å². The summed E-state index contributed by atoms with van der Waals surface area (Å²) in [5, 5.41) is 7.67. The fourth-order valence-corrected chi connectivity index (χ4v) is 3.54. The van der Waals surface area contributed by atoms with Crippen molar-refractivity contribution in [2.24, 2.45) is 5.92 Å². The first-order valence-electron chi connectivity index (χ1n) is 9.14. The Labute approximate surface area is 158 Å². The average Bonchev–Trinajstić information content (AvgIpc) is 3.02. The molecule has 1 aliphatic rings. The van der Waals surface area contributed by atoms with Crippen LogP contribution in [0.2, 0.25) is 5.02 Å². The highest BCUT2D eigenvalue weighted by Crippen LogP contribution is 2.26. The summed E-state index contributed by atoms with van der Waals surface area (Å²) in [5.41, 5.74) is 0.702. The number of amides is 1. The summed E-state index contributed by atoms with van der Waals surface area (Å²) < 4.78 is 7.50. The van der Waals surface area contributed by atoms with E-state index in [0.29, 0.717) is 41.7 Å². The molecule has 0 radical (unpaired) electrons. The Hall–Kier alpha value is -1.92. The summed E-state index contributed by atoms with van der Waals surface area (Å²) >= 11 is 6.20. The molecule has 3 rings (SSSR count). The number of halogens is 1. The molecule has 1 heterocycles. The lowest BCUT2D eigenvalue weighted by atomic mass is 9.88. The highest BCUT2D eigenvalue weighted by Gasteiger charge is 2.22. The molecule has 1 aliphatic carbocycles. The van der Waals surface area contributed by atoms with Gasteiger partial charge in [0, 0.05) is 6.54 Å². The molecule has 140 valence electrons. The van der Waals surface area contributed by atoms with E-state index in [1.165, 1.54) is 19.3 Å². The number of hydrogen-bond acceptors (Lipinski definition) is 4. The molecule has 1 saturated carbocycles. The zero-order chi connectivity index (χ0) is 18.5. The van der Waals surface area contributed by atoms with Gasteiger partial charge < -0.3 is 10.1 Å². The van der Waals surface area contributed by atoms with Gasteiger partial charge >= 0.3 is 0 Å². The van der Waals surface area contributed by atoms with Crippen molar-refractivity contribution in [2.45, 2.75) is 45.6 Å². The zero-order valence-electron chi connectivity index (χ0n) is 15.2. The molecule has 0 bridgehead atoms. The fraction of sp³-hybridized carbons (Fsp3) is 0.526. The largest absolute Gasteiger partial charge is 0.376 e. The van der Waals surface area contributed by atoms with Gasteiger partial charge in [0.1, 0.15) is 5.82 Å². The van der Waals surface area contributed by atoms with E-state index in [1.807, 2.05) is 18.2 Å². The number of carbonyl (C=O) groups excluding carboxylic acids is 1. The van der Waals surface area contributed by atoms with Crippen molar-refractivity contribution >= 4 is 17.5 Å². The minimum absolute atomic E-state index is 0.133. The number of aryl methyl sites for hydroxylation is 1. The van der Waals surface area contributed by atoms with E-state index in [-0.39, 0.29) is 11.7 Å². The van der Waals surface area contributed by atoms with Crippen LogP contribution in [0.1, 0.15) is 49.1 Å². The summed E-state index contributed by atoms with van der Waals surface area (Å²) in [6, 6.07) is 7.33. The summed E-state index contributed by atoms with van der Waals surface area (Å²) in [6.07, 6.45) is 5.15. The van der Waals surface area contributed by atoms with Gasteiger partial charge in [-0.15, -0.1) is 5.10 Å². The molecule has 6 nitrogen and oxygen atoms in total. The molecular formula is C19H25ClN4O2. The standard InChI is InChI=1S/C19H25ClN4O2/c1-13-7-3-6-10-17(13)26-12-11-21-19(25)18-22-14(2)24(23-18)16-9-5-4-8-15(16)20/h4-5,8-9,13,17H,3,6-7,10-12H2,1-2H3,(H,21,25). The lowest BCUT2D eigenvalue weighted by molar-refractivity contribution is -0.00296. The summed E-state index contributed by atoms with van der Waals surface area (Å²) in [5.74, 6) is 1.03. The first-order valence-corrected chi connectivity index (χ1v) is 9.52. The minimum atomic E-state index is -0.306. The van der Waals surface area contributed by atoms with Crippen LogP contribution in [0.4, 0.5) is 0 Å².